The van der Waals surface area contributed by atoms with E-state index >= 15 is 0 Å². The fraction of sp³-hybridized carbons (Fsp3) is 0.571. The highest BCUT2D eigenvalue weighted by Gasteiger charge is 2.18. The predicted octanol–water partition coefficient (Wildman–Crippen LogP) is 2.48. The van der Waals surface area contributed by atoms with Crippen molar-refractivity contribution < 1.29 is 17.9 Å². The second-order valence-corrected chi connectivity index (χ2v) is 6.49. The number of ether oxygens (including phenoxy) is 2. The number of unbranched alkanes of at least 4 members (excludes halogenated alkanes) is 1. The second-order valence-electron chi connectivity index (χ2n) is 4.62. The summed E-state index contributed by atoms with van der Waals surface area (Å²) in [6.07, 6.45) is 1.50. The molecule has 0 aliphatic heterocycles. The van der Waals surface area contributed by atoms with E-state index in [-0.39, 0.29) is 11.8 Å². The van der Waals surface area contributed by atoms with Crippen molar-refractivity contribution in [3.63, 3.8) is 0 Å². The van der Waals surface area contributed by atoms with Crippen molar-refractivity contribution in [1.29, 1.82) is 0 Å². The number of benzene rings is 1. The zero-order chi connectivity index (χ0) is 15.2. The minimum Gasteiger partial charge on any atom is -0.497 e. The molecule has 1 unspecified atom stereocenters. The van der Waals surface area contributed by atoms with E-state index in [1.165, 1.54) is 0 Å². The Balaban J connectivity index is 2.93. The van der Waals surface area contributed by atoms with E-state index < -0.39 is 10.0 Å². The number of rotatable bonds is 8. The first-order chi connectivity index (χ1) is 9.43. The van der Waals surface area contributed by atoms with Crippen LogP contribution in [-0.2, 0) is 10.0 Å². The van der Waals surface area contributed by atoms with Gasteiger partial charge in [0.05, 0.1) is 20.0 Å². The molecule has 1 aromatic carbocycles. The van der Waals surface area contributed by atoms with Crippen LogP contribution in [-0.4, -0.2) is 28.4 Å². The van der Waals surface area contributed by atoms with E-state index in [0.29, 0.717) is 17.9 Å². The molecular weight excluding hydrogens is 278 g/mol. The molecule has 20 heavy (non-hydrogen) atoms. The number of methoxy groups -OCH3 is 2. The molecule has 0 aliphatic rings. The Bertz CT molecular complexity index is 528. The molecule has 0 aliphatic carbocycles. The SMILES string of the molecule is CCCCS(=O)(=O)NC(C)c1cc(OC)ccc1OC. The van der Waals surface area contributed by atoms with Crippen LogP contribution in [0.3, 0.4) is 0 Å². The van der Waals surface area contributed by atoms with Gasteiger partial charge in [-0.2, -0.15) is 0 Å². The summed E-state index contributed by atoms with van der Waals surface area (Å²) >= 11 is 0. The molecule has 1 N–H and O–H groups in total. The molecule has 0 aromatic heterocycles. The summed E-state index contributed by atoms with van der Waals surface area (Å²) in [5.74, 6) is 1.44. The maximum atomic E-state index is 11.9. The number of nitrogens with one attached hydrogen (secondary N) is 1. The van der Waals surface area contributed by atoms with E-state index in [9.17, 15) is 8.42 Å². The van der Waals surface area contributed by atoms with Gasteiger partial charge in [-0.05, 0) is 31.5 Å². The highest BCUT2D eigenvalue weighted by Crippen LogP contribution is 2.29. The summed E-state index contributed by atoms with van der Waals surface area (Å²) < 4.78 is 37.0. The van der Waals surface area contributed by atoms with Crippen molar-refractivity contribution in [2.75, 3.05) is 20.0 Å². The van der Waals surface area contributed by atoms with Gasteiger partial charge in [0.15, 0.2) is 0 Å². The Kier molecular flexibility index (Phi) is 6.29. The van der Waals surface area contributed by atoms with Gasteiger partial charge < -0.3 is 9.47 Å². The monoisotopic (exact) mass is 301 g/mol. The first-order valence-corrected chi connectivity index (χ1v) is 8.30. The van der Waals surface area contributed by atoms with Gasteiger partial charge >= 0.3 is 0 Å². The first kappa shape index (κ1) is 16.8. The summed E-state index contributed by atoms with van der Waals surface area (Å²) in [4.78, 5) is 0. The molecule has 0 fully saturated rings. The van der Waals surface area contributed by atoms with Gasteiger partial charge in [-0.1, -0.05) is 13.3 Å². The van der Waals surface area contributed by atoms with Crippen LogP contribution in [0.15, 0.2) is 18.2 Å². The molecule has 0 heterocycles. The van der Waals surface area contributed by atoms with Crippen molar-refractivity contribution in [1.82, 2.24) is 4.72 Å². The maximum Gasteiger partial charge on any atom is 0.212 e. The summed E-state index contributed by atoms with van der Waals surface area (Å²) in [6, 6.07) is 4.96. The van der Waals surface area contributed by atoms with E-state index in [0.717, 1.165) is 12.0 Å². The third kappa shape index (κ3) is 4.68. The molecule has 1 aromatic rings. The Labute approximate surface area is 121 Å². The molecule has 6 heteroatoms. The maximum absolute atomic E-state index is 11.9. The fourth-order valence-corrected chi connectivity index (χ4v) is 3.36. The van der Waals surface area contributed by atoms with Gasteiger partial charge in [0.1, 0.15) is 11.5 Å². The van der Waals surface area contributed by atoms with Crippen molar-refractivity contribution in [3.8, 4) is 11.5 Å². The molecule has 0 saturated heterocycles. The van der Waals surface area contributed by atoms with Crippen LogP contribution in [0.25, 0.3) is 0 Å². The predicted molar refractivity (Wildman–Crippen MR) is 79.8 cm³/mol. The van der Waals surface area contributed by atoms with Gasteiger partial charge in [0, 0.05) is 11.6 Å². The quantitative estimate of drug-likeness (QED) is 0.801. The highest BCUT2D eigenvalue weighted by molar-refractivity contribution is 7.89. The molecule has 114 valence electrons. The van der Waals surface area contributed by atoms with Crippen LogP contribution < -0.4 is 14.2 Å². The van der Waals surface area contributed by atoms with Crippen LogP contribution in [0.4, 0.5) is 0 Å². The van der Waals surface area contributed by atoms with Gasteiger partial charge in [-0.3, -0.25) is 0 Å². The topological polar surface area (TPSA) is 64.6 Å². The summed E-state index contributed by atoms with van der Waals surface area (Å²) in [5.41, 5.74) is 0.756. The largest absolute Gasteiger partial charge is 0.497 e. The number of sulfonamides is 1. The average Bonchev–Trinajstić information content (AvgIpc) is 2.43. The van der Waals surface area contributed by atoms with Crippen molar-refractivity contribution in [2.45, 2.75) is 32.7 Å². The smallest absolute Gasteiger partial charge is 0.212 e. The van der Waals surface area contributed by atoms with E-state index in [1.807, 2.05) is 6.92 Å². The van der Waals surface area contributed by atoms with Crippen LogP contribution in [0, 0.1) is 0 Å². The van der Waals surface area contributed by atoms with E-state index in [4.69, 9.17) is 9.47 Å². The van der Waals surface area contributed by atoms with E-state index in [1.54, 1.807) is 39.3 Å². The Morgan fingerprint density at radius 2 is 1.95 bits per heavy atom. The van der Waals surface area contributed by atoms with Crippen LogP contribution in [0.1, 0.15) is 38.3 Å². The van der Waals surface area contributed by atoms with Crippen molar-refractivity contribution in [2.24, 2.45) is 0 Å². The third-order valence-electron chi connectivity index (χ3n) is 3.03. The lowest BCUT2D eigenvalue weighted by Gasteiger charge is -2.18. The lowest BCUT2D eigenvalue weighted by atomic mass is 10.1. The minimum absolute atomic E-state index is 0.139. The molecular formula is C14H23NO4S. The van der Waals surface area contributed by atoms with Crippen molar-refractivity contribution >= 4 is 10.0 Å². The molecule has 0 saturated carbocycles. The third-order valence-corrected chi connectivity index (χ3v) is 4.57. The summed E-state index contributed by atoms with van der Waals surface area (Å²) in [7, 11) is -0.152. The Morgan fingerprint density at radius 3 is 2.50 bits per heavy atom. The van der Waals surface area contributed by atoms with Gasteiger partial charge in [0.25, 0.3) is 0 Å². The van der Waals surface area contributed by atoms with Crippen LogP contribution in [0.5, 0.6) is 11.5 Å². The molecule has 1 atom stereocenters. The average molecular weight is 301 g/mol. The van der Waals surface area contributed by atoms with Gasteiger partial charge in [0.2, 0.25) is 10.0 Å². The van der Waals surface area contributed by atoms with E-state index in [2.05, 4.69) is 4.72 Å². The first-order valence-electron chi connectivity index (χ1n) is 6.65. The van der Waals surface area contributed by atoms with Gasteiger partial charge in [-0.25, -0.2) is 13.1 Å². The van der Waals surface area contributed by atoms with Gasteiger partial charge in [-0.15, -0.1) is 0 Å². The molecule has 0 spiro atoms. The number of hydrogen-bond donors (Lipinski definition) is 1. The zero-order valence-corrected chi connectivity index (χ0v) is 13.3. The normalized spacial score (nSPS) is 13.0. The Morgan fingerprint density at radius 1 is 1.25 bits per heavy atom. The second kappa shape index (κ2) is 7.50. The lowest BCUT2D eigenvalue weighted by Crippen LogP contribution is -2.29. The van der Waals surface area contributed by atoms with Crippen LogP contribution >= 0.6 is 0 Å². The molecule has 5 nitrogen and oxygen atoms in total. The summed E-state index contributed by atoms with van der Waals surface area (Å²) in [5, 5.41) is 0. The molecule has 0 radical (unpaired) electrons. The molecule has 1 rings (SSSR count). The minimum atomic E-state index is -3.28. The highest BCUT2D eigenvalue weighted by atomic mass is 32.2. The lowest BCUT2D eigenvalue weighted by molar-refractivity contribution is 0.395. The standard InChI is InChI=1S/C14H23NO4S/c1-5-6-9-20(16,17)15-11(2)13-10-12(18-3)7-8-14(13)19-4/h7-8,10-11,15H,5-6,9H2,1-4H3. The molecule has 0 bridgehead atoms. The van der Waals surface area contributed by atoms with Crippen LogP contribution in [0.2, 0.25) is 0 Å². The Hall–Kier alpha value is -1.27. The summed E-state index contributed by atoms with van der Waals surface area (Å²) in [6.45, 7) is 3.75. The number of hydrogen-bond acceptors (Lipinski definition) is 4. The fourth-order valence-electron chi connectivity index (χ4n) is 1.90. The van der Waals surface area contributed by atoms with Crippen molar-refractivity contribution in [3.05, 3.63) is 23.8 Å². The molecule has 0 amide bonds. The zero-order valence-electron chi connectivity index (χ0n) is 12.5.